The summed E-state index contributed by atoms with van der Waals surface area (Å²) in [5.74, 6) is 0.331. The monoisotopic (exact) mass is 333 g/mol. The molecule has 0 saturated carbocycles. The van der Waals surface area contributed by atoms with Crippen LogP contribution in [0.3, 0.4) is 0 Å². The molecule has 1 unspecified atom stereocenters. The number of carbonyl (C=O) groups excluding carboxylic acids is 1. The van der Waals surface area contributed by atoms with Gasteiger partial charge in [0.2, 0.25) is 0 Å². The van der Waals surface area contributed by atoms with Crippen molar-refractivity contribution in [1.29, 1.82) is 0 Å². The fourth-order valence-corrected chi connectivity index (χ4v) is 2.86. The van der Waals surface area contributed by atoms with Gasteiger partial charge in [-0.05, 0) is 37.7 Å². The van der Waals surface area contributed by atoms with E-state index in [1.165, 1.54) is 0 Å². The summed E-state index contributed by atoms with van der Waals surface area (Å²) >= 11 is 0. The standard InChI is InChI=1S/C18H27N3O3/c1-5-6-13(7-8-22)10-19-17(23)14-9-15(11(2)3)20-18-16(14)12(4)21-24-18/h9,11,13,22H,5-8,10H2,1-4H3,(H,19,23). The molecule has 0 radical (unpaired) electrons. The molecular formula is C18H27N3O3. The van der Waals surface area contributed by atoms with Crippen molar-refractivity contribution in [3.8, 4) is 0 Å². The van der Waals surface area contributed by atoms with Crippen LogP contribution in [0.2, 0.25) is 0 Å². The predicted molar refractivity (Wildman–Crippen MR) is 93.1 cm³/mol. The minimum absolute atomic E-state index is 0.141. The van der Waals surface area contributed by atoms with E-state index in [2.05, 4.69) is 22.4 Å². The molecule has 0 fully saturated rings. The molecule has 0 aliphatic carbocycles. The van der Waals surface area contributed by atoms with E-state index < -0.39 is 0 Å². The normalized spacial score (nSPS) is 12.8. The largest absolute Gasteiger partial charge is 0.396 e. The van der Waals surface area contributed by atoms with E-state index >= 15 is 0 Å². The Morgan fingerprint density at radius 3 is 2.75 bits per heavy atom. The molecule has 0 aromatic carbocycles. The topological polar surface area (TPSA) is 88.2 Å². The van der Waals surface area contributed by atoms with Crippen molar-refractivity contribution in [3.63, 3.8) is 0 Å². The van der Waals surface area contributed by atoms with E-state index in [1.807, 2.05) is 26.8 Å². The maximum absolute atomic E-state index is 12.7. The summed E-state index contributed by atoms with van der Waals surface area (Å²) in [5.41, 5.74) is 2.44. The van der Waals surface area contributed by atoms with E-state index in [0.29, 0.717) is 35.3 Å². The van der Waals surface area contributed by atoms with Crippen LogP contribution in [0, 0.1) is 12.8 Å². The van der Waals surface area contributed by atoms with Crippen molar-refractivity contribution < 1.29 is 14.4 Å². The van der Waals surface area contributed by atoms with Crippen molar-refractivity contribution in [1.82, 2.24) is 15.5 Å². The van der Waals surface area contributed by atoms with E-state index in [1.54, 1.807) is 0 Å². The minimum atomic E-state index is -0.144. The van der Waals surface area contributed by atoms with Gasteiger partial charge >= 0.3 is 0 Å². The molecule has 1 atom stereocenters. The lowest BCUT2D eigenvalue weighted by atomic mass is 9.99. The zero-order valence-electron chi connectivity index (χ0n) is 14.9. The summed E-state index contributed by atoms with van der Waals surface area (Å²) < 4.78 is 5.26. The van der Waals surface area contributed by atoms with Crippen molar-refractivity contribution in [2.45, 2.75) is 52.9 Å². The zero-order valence-corrected chi connectivity index (χ0v) is 14.9. The quantitative estimate of drug-likeness (QED) is 0.774. The molecule has 0 aliphatic rings. The second-order valence-corrected chi connectivity index (χ2v) is 6.57. The minimum Gasteiger partial charge on any atom is -0.396 e. The van der Waals surface area contributed by atoms with Crippen LogP contribution in [0.15, 0.2) is 10.6 Å². The van der Waals surface area contributed by atoms with Crippen LogP contribution in [-0.4, -0.2) is 34.3 Å². The molecule has 132 valence electrons. The maximum Gasteiger partial charge on any atom is 0.259 e. The van der Waals surface area contributed by atoms with Gasteiger partial charge in [0.25, 0.3) is 11.6 Å². The zero-order chi connectivity index (χ0) is 17.7. The first-order chi connectivity index (χ1) is 11.5. The Labute approximate surface area is 142 Å². The molecular weight excluding hydrogens is 306 g/mol. The number of amides is 1. The maximum atomic E-state index is 12.7. The number of nitrogens with zero attached hydrogens (tertiary/aromatic N) is 2. The summed E-state index contributed by atoms with van der Waals surface area (Å²) in [6, 6.07) is 1.83. The highest BCUT2D eigenvalue weighted by molar-refractivity contribution is 6.06. The molecule has 0 aliphatic heterocycles. The second-order valence-electron chi connectivity index (χ2n) is 6.57. The highest BCUT2D eigenvalue weighted by Crippen LogP contribution is 2.25. The van der Waals surface area contributed by atoms with Crippen LogP contribution in [0.25, 0.3) is 11.1 Å². The third-order valence-electron chi connectivity index (χ3n) is 4.26. The van der Waals surface area contributed by atoms with Gasteiger partial charge in [0.15, 0.2) is 0 Å². The van der Waals surface area contributed by atoms with E-state index in [9.17, 15) is 4.79 Å². The summed E-state index contributed by atoms with van der Waals surface area (Å²) in [7, 11) is 0. The molecule has 0 bridgehead atoms. The average molecular weight is 333 g/mol. The van der Waals surface area contributed by atoms with E-state index in [-0.39, 0.29) is 24.3 Å². The van der Waals surface area contributed by atoms with Crippen LogP contribution in [0.4, 0.5) is 0 Å². The van der Waals surface area contributed by atoms with Gasteiger partial charge in [0, 0.05) is 18.8 Å². The molecule has 2 aromatic rings. The van der Waals surface area contributed by atoms with Crippen molar-refractivity contribution in [2.24, 2.45) is 5.92 Å². The van der Waals surface area contributed by atoms with Gasteiger partial charge in [-0.3, -0.25) is 4.79 Å². The van der Waals surface area contributed by atoms with Gasteiger partial charge in [0.05, 0.1) is 16.6 Å². The fraction of sp³-hybridized carbons (Fsp3) is 0.611. The molecule has 1 amide bonds. The molecule has 2 heterocycles. The summed E-state index contributed by atoms with van der Waals surface area (Å²) in [6.45, 7) is 8.66. The summed E-state index contributed by atoms with van der Waals surface area (Å²) in [4.78, 5) is 17.2. The SMILES string of the molecule is CCCC(CCO)CNC(=O)c1cc(C(C)C)nc2onc(C)c12. The lowest BCUT2D eigenvalue weighted by molar-refractivity contribution is 0.0944. The number of nitrogens with one attached hydrogen (secondary N) is 1. The predicted octanol–water partition coefficient (Wildman–Crippen LogP) is 3.18. The molecule has 2 N–H and O–H groups in total. The Morgan fingerprint density at radius 2 is 2.12 bits per heavy atom. The first-order valence-corrected chi connectivity index (χ1v) is 8.63. The van der Waals surface area contributed by atoms with Gasteiger partial charge in [-0.1, -0.05) is 32.3 Å². The first kappa shape index (κ1) is 18.4. The molecule has 2 aromatic heterocycles. The van der Waals surface area contributed by atoms with Gasteiger partial charge in [0.1, 0.15) is 0 Å². The number of carbonyl (C=O) groups is 1. The number of aliphatic hydroxyl groups excluding tert-OH is 1. The second kappa shape index (κ2) is 8.24. The number of aliphatic hydroxyl groups is 1. The Hall–Kier alpha value is -1.95. The lowest BCUT2D eigenvalue weighted by Crippen LogP contribution is -2.30. The van der Waals surface area contributed by atoms with E-state index in [4.69, 9.17) is 9.63 Å². The Kier molecular flexibility index (Phi) is 6.31. The van der Waals surface area contributed by atoms with E-state index in [0.717, 1.165) is 18.5 Å². The fourth-order valence-electron chi connectivity index (χ4n) is 2.86. The van der Waals surface area contributed by atoms with Crippen LogP contribution >= 0.6 is 0 Å². The lowest BCUT2D eigenvalue weighted by Gasteiger charge is -2.16. The third kappa shape index (κ3) is 4.12. The number of aryl methyl sites for hydroxylation is 1. The van der Waals surface area contributed by atoms with Crippen LogP contribution in [-0.2, 0) is 0 Å². The highest BCUT2D eigenvalue weighted by Gasteiger charge is 2.20. The van der Waals surface area contributed by atoms with Gasteiger partial charge in [-0.2, -0.15) is 0 Å². The Morgan fingerprint density at radius 1 is 1.38 bits per heavy atom. The average Bonchev–Trinajstić information content (AvgIpc) is 2.93. The van der Waals surface area contributed by atoms with Gasteiger partial charge in [-0.25, -0.2) is 4.98 Å². The van der Waals surface area contributed by atoms with Crippen LogP contribution in [0.5, 0.6) is 0 Å². The van der Waals surface area contributed by atoms with Gasteiger partial charge in [-0.15, -0.1) is 0 Å². The van der Waals surface area contributed by atoms with Crippen molar-refractivity contribution >= 4 is 17.0 Å². The number of hydrogen-bond acceptors (Lipinski definition) is 5. The highest BCUT2D eigenvalue weighted by atomic mass is 16.5. The molecule has 24 heavy (non-hydrogen) atoms. The molecule has 0 spiro atoms. The summed E-state index contributed by atoms with van der Waals surface area (Å²) in [6.07, 6.45) is 2.71. The number of hydrogen-bond donors (Lipinski definition) is 2. The molecule has 0 saturated heterocycles. The van der Waals surface area contributed by atoms with Gasteiger partial charge < -0.3 is 14.9 Å². The number of rotatable bonds is 8. The first-order valence-electron chi connectivity index (χ1n) is 8.63. The summed E-state index contributed by atoms with van der Waals surface area (Å²) in [5, 5.41) is 16.8. The van der Waals surface area contributed by atoms with Crippen molar-refractivity contribution in [2.75, 3.05) is 13.2 Å². The number of aromatic nitrogens is 2. The van der Waals surface area contributed by atoms with Crippen LogP contribution < -0.4 is 5.32 Å². The third-order valence-corrected chi connectivity index (χ3v) is 4.26. The number of fused-ring (bicyclic) bond motifs is 1. The number of pyridine rings is 1. The molecule has 6 heteroatoms. The Bertz CT molecular complexity index is 688. The smallest absolute Gasteiger partial charge is 0.259 e. The Balaban J connectivity index is 2.26. The van der Waals surface area contributed by atoms with Crippen LogP contribution in [0.1, 0.15) is 67.7 Å². The molecule has 2 rings (SSSR count). The van der Waals surface area contributed by atoms with Crippen molar-refractivity contribution in [3.05, 3.63) is 23.0 Å². The molecule has 6 nitrogen and oxygen atoms in total.